The molecule has 30 heavy (non-hydrogen) atoms. The normalized spacial score (nSPS) is 11.8. The molecule has 0 saturated heterocycles. The lowest BCUT2D eigenvalue weighted by molar-refractivity contribution is 0.398. The molecule has 4 rings (SSSR count). The Bertz CT molecular complexity index is 1330. The van der Waals surface area contributed by atoms with Gasteiger partial charge in [-0.1, -0.05) is 24.3 Å². The standard InChI is InChI=1S/C24H20N4O2/c1-28-21-11-10-17(24(26)16-8-6-15(14-25)7-9-16)12-19(21)18(13-23(28)29)20-4-3-5-22(27-20)30-2/h3-13,24H,26H2,1-2H3. The number of nitrogens with zero attached hydrogens (tertiary/aromatic N) is 3. The molecule has 0 saturated carbocycles. The van der Waals surface area contributed by atoms with E-state index in [9.17, 15) is 4.79 Å². The lowest BCUT2D eigenvalue weighted by Crippen LogP contribution is -2.17. The fourth-order valence-corrected chi connectivity index (χ4v) is 3.52. The van der Waals surface area contributed by atoms with Gasteiger partial charge in [-0.3, -0.25) is 4.79 Å². The fourth-order valence-electron chi connectivity index (χ4n) is 3.52. The van der Waals surface area contributed by atoms with Crippen LogP contribution in [0.4, 0.5) is 0 Å². The predicted molar refractivity (Wildman–Crippen MR) is 116 cm³/mol. The molecule has 0 aliphatic rings. The summed E-state index contributed by atoms with van der Waals surface area (Å²) in [4.78, 5) is 17.0. The SMILES string of the molecule is COc1cccc(-c2cc(=O)n(C)c3ccc(C(N)c4ccc(C#N)cc4)cc23)n1. The number of hydrogen-bond donors (Lipinski definition) is 1. The molecule has 0 aliphatic carbocycles. The maximum atomic E-state index is 12.5. The Balaban J connectivity index is 1.89. The molecule has 2 N–H and O–H groups in total. The van der Waals surface area contributed by atoms with Gasteiger partial charge in [0.25, 0.3) is 5.56 Å². The largest absolute Gasteiger partial charge is 0.481 e. The number of fused-ring (bicyclic) bond motifs is 1. The van der Waals surface area contributed by atoms with Crippen molar-refractivity contribution in [2.75, 3.05) is 7.11 Å². The van der Waals surface area contributed by atoms with Gasteiger partial charge in [0.05, 0.1) is 36.0 Å². The lowest BCUT2D eigenvalue weighted by atomic mass is 9.95. The number of benzene rings is 2. The first-order chi connectivity index (χ1) is 14.5. The summed E-state index contributed by atoms with van der Waals surface area (Å²) in [5.74, 6) is 0.478. The third-order valence-corrected chi connectivity index (χ3v) is 5.24. The molecular formula is C24H20N4O2. The first-order valence-electron chi connectivity index (χ1n) is 9.42. The van der Waals surface area contributed by atoms with Crippen molar-refractivity contribution in [3.8, 4) is 23.2 Å². The molecule has 6 heteroatoms. The van der Waals surface area contributed by atoms with Crippen LogP contribution >= 0.6 is 0 Å². The second-order valence-electron chi connectivity index (χ2n) is 7.01. The van der Waals surface area contributed by atoms with E-state index >= 15 is 0 Å². The minimum Gasteiger partial charge on any atom is -0.481 e. The fraction of sp³-hybridized carbons (Fsp3) is 0.125. The third-order valence-electron chi connectivity index (χ3n) is 5.24. The first kappa shape index (κ1) is 19.4. The van der Waals surface area contributed by atoms with E-state index in [-0.39, 0.29) is 11.6 Å². The summed E-state index contributed by atoms with van der Waals surface area (Å²) in [5, 5.41) is 9.88. The topological polar surface area (TPSA) is 93.9 Å². The van der Waals surface area contributed by atoms with Crippen LogP contribution in [0.3, 0.4) is 0 Å². The van der Waals surface area contributed by atoms with E-state index in [0.29, 0.717) is 17.1 Å². The Morgan fingerprint density at radius 3 is 2.50 bits per heavy atom. The Labute approximate surface area is 173 Å². The third kappa shape index (κ3) is 3.43. The van der Waals surface area contributed by atoms with Gasteiger partial charge in [0, 0.05) is 30.1 Å². The summed E-state index contributed by atoms with van der Waals surface area (Å²) in [6, 6.07) is 21.8. The van der Waals surface area contributed by atoms with Crippen molar-refractivity contribution in [3.63, 3.8) is 0 Å². The van der Waals surface area contributed by atoms with Gasteiger partial charge in [-0.05, 0) is 41.5 Å². The van der Waals surface area contributed by atoms with Crippen LogP contribution in [0, 0.1) is 11.3 Å². The molecule has 2 aromatic heterocycles. The van der Waals surface area contributed by atoms with Crippen LogP contribution in [-0.2, 0) is 7.05 Å². The predicted octanol–water partition coefficient (Wildman–Crippen LogP) is 3.53. The molecule has 0 fully saturated rings. The van der Waals surface area contributed by atoms with Crippen molar-refractivity contribution in [3.05, 3.63) is 93.8 Å². The minimum absolute atomic E-state index is 0.119. The average molecular weight is 396 g/mol. The van der Waals surface area contributed by atoms with Gasteiger partial charge in [-0.25, -0.2) is 4.98 Å². The summed E-state index contributed by atoms with van der Waals surface area (Å²) >= 11 is 0. The van der Waals surface area contributed by atoms with Gasteiger partial charge in [0.15, 0.2) is 0 Å². The van der Waals surface area contributed by atoms with E-state index in [1.807, 2.05) is 42.5 Å². The monoisotopic (exact) mass is 396 g/mol. The molecule has 1 unspecified atom stereocenters. The number of aromatic nitrogens is 2. The molecule has 1 atom stereocenters. The second-order valence-corrected chi connectivity index (χ2v) is 7.01. The number of ether oxygens (including phenoxy) is 1. The molecule has 6 nitrogen and oxygen atoms in total. The number of methoxy groups -OCH3 is 1. The highest BCUT2D eigenvalue weighted by atomic mass is 16.5. The molecule has 0 amide bonds. The molecular weight excluding hydrogens is 376 g/mol. The maximum Gasteiger partial charge on any atom is 0.251 e. The zero-order chi connectivity index (χ0) is 21.3. The Kier molecular flexibility index (Phi) is 5.05. The van der Waals surface area contributed by atoms with Crippen LogP contribution in [-0.4, -0.2) is 16.7 Å². The summed E-state index contributed by atoms with van der Waals surface area (Å²) in [5.41, 5.74) is 11.0. The number of nitrogens with two attached hydrogens (primary N) is 1. The van der Waals surface area contributed by atoms with Crippen molar-refractivity contribution < 1.29 is 4.74 Å². The zero-order valence-corrected chi connectivity index (χ0v) is 16.7. The van der Waals surface area contributed by atoms with Crippen molar-refractivity contribution in [2.24, 2.45) is 12.8 Å². The van der Waals surface area contributed by atoms with Crippen LogP contribution in [0.1, 0.15) is 22.7 Å². The second kappa shape index (κ2) is 7.82. The van der Waals surface area contributed by atoms with E-state index in [4.69, 9.17) is 15.7 Å². The lowest BCUT2D eigenvalue weighted by Gasteiger charge is -2.16. The molecule has 0 aliphatic heterocycles. The molecule has 2 heterocycles. The maximum absolute atomic E-state index is 12.5. The number of rotatable bonds is 4. The van der Waals surface area contributed by atoms with Gasteiger partial charge < -0.3 is 15.0 Å². The first-order valence-corrected chi connectivity index (χ1v) is 9.42. The molecule has 0 spiro atoms. The number of aryl methyl sites for hydroxylation is 1. The minimum atomic E-state index is -0.370. The Morgan fingerprint density at radius 1 is 1.07 bits per heavy atom. The number of hydrogen-bond acceptors (Lipinski definition) is 5. The van der Waals surface area contributed by atoms with Gasteiger partial charge in [-0.2, -0.15) is 5.26 Å². The van der Waals surface area contributed by atoms with Crippen molar-refractivity contribution in [2.45, 2.75) is 6.04 Å². The van der Waals surface area contributed by atoms with Crippen LogP contribution in [0.5, 0.6) is 5.88 Å². The van der Waals surface area contributed by atoms with Crippen LogP contribution in [0.25, 0.3) is 22.2 Å². The van der Waals surface area contributed by atoms with E-state index in [1.54, 1.807) is 43.0 Å². The van der Waals surface area contributed by atoms with Crippen molar-refractivity contribution >= 4 is 10.9 Å². The van der Waals surface area contributed by atoms with Gasteiger partial charge >= 0.3 is 0 Å². The molecule has 0 bridgehead atoms. The van der Waals surface area contributed by atoms with Crippen molar-refractivity contribution in [1.82, 2.24) is 9.55 Å². The van der Waals surface area contributed by atoms with Gasteiger partial charge in [0.2, 0.25) is 5.88 Å². The smallest absolute Gasteiger partial charge is 0.251 e. The summed E-state index contributed by atoms with van der Waals surface area (Å²) in [6.07, 6.45) is 0. The highest BCUT2D eigenvalue weighted by molar-refractivity contribution is 5.94. The summed E-state index contributed by atoms with van der Waals surface area (Å²) in [6.45, 7) is 0. The molecule has 4 aromatic rings. The zero-order valence-electron chi connectivity index (χ0n) is 16.7. The summed E-state index contributed by atoms with van der Waals surface area (Å²) < 4.78 is 6.85. The van der Waals surface area contributed by atoms with E-state index in [0.717, 1.165) is 27.6 Å². The van der Waals surface area contributed by atoms with Crippen LogP contribution in [0.15, 0.2) is 71.5 Å². The molecule has 2 aromatic carbocycles. The van der Waals surface area contributed by atoms with E-state index in [1.165, 1.54) is 0 Å². The van der Waals surface area contributed by atoms with E-state index < -0.39 is 0 Å². The van der Waals surface area contributed by atoms with E-state index in [2.05, 4.69) is 11.1 Å². The van der Waals surface area contributed by atoms with Crippen molar-refractivity contribution in [1.29, 1.82) is 5.26 Å². The molecule has 0 radical (unpaired) electrons. The number of pyridine rings is 2. The number of nitriles is 1. The quantitative estimate of drug-likeness (QED) is 0.569. The van der Waals surface area contributed by atoms with Gasteiger partial charge in [-0.15, -0.1) is 0 Å². The highest BCUT2D eigenvalue weighted by Crippen LogP contribution is 2.30. The Morgan fingerprint density at radius 2 is 1.80 bits per heavy atom. The average Bonchev–Trinajstić information content (AvgIpc) is 2.80. The Hall–Kier alpha value is -3.95. The summed E-state index contributed by atoms with van der Waals surface area (Å²) in [7, 11) is 3.30. The van der Waals surface area contributed by atoms with Gasteiger partial charge in [0.1, 0.15) is 0 Å². The highest BCUT2D eigenvalue weighted by Gasteiger charge is 2.15. The molecule has 148 valence electrons. The van der Waals surface area contributed by atoms with Crippen LogP contribution in [0.2, 0.25) is 0 Å². The van der Waals surface area contributed by atoms with Crippen LogP contribution < -0.4 is 16.0 Å².